The van der Waals surface area contributed by atoms with E-state index in [1.807, 2.05) is 13.0 Å². The molecule has 0 radical (unpaired) electrons. The maximum atomic E-state index is 12.3. The predicted octanol–water partition coefficient (Wildman–Crippen LogP) is 2.45. The second-order valence-electron chi connectivity index (χ2n) is 7.01. The van der Waals surface area contributed by atoms with Crippen LogP contribution < -0.4 is 0 Å². The summed E-state index contributed by atoms with van der Waals surface area (Å²) in [5, 5.41) is 9.84. The van der Waals surface area contributed by atoms with Gasteiger partial charge in [-0.3, -0.25) is 4.90 Å². The zero-order valence-electron chi connectivity index (χ0n) is 15.0. The van der Waals surface area contributed by atoms with E-state index in [1.165, 1.54) is 23.6 Å². The molecule has 6 heteroatoms. The summed E-state index contributed by atoms with van der Waals surface area (Å²) in [6.07, 6.45) is 5.67. The molecule has 0 spiro atoms. The zero-order chi connectivity index (χ0) is 17.7. The Hall–Kier alpha value is -0.950. The van der Waals surface area contributed by atoms with Crippen LogP contribution >= 0.6 is 0 Å². The van der Waals surface area contributed by atoms with Crippen molar-refractivity contribution in [3.05, 3.63) is 29.8 Å². The Labute approximate surface area is 146 Å². The van der Waals surface area contributed by atoms with E-state index < -0.39 is 10.0 Å². The van der Waals surface area contributed by atoms with Gasteiger partial charge in [0.15, 0.2) is 0 Å². The fraction of sp³-hybridized carbons (Fsp3) is 0.667. The van der Waals surface area contributed by atoms with Gasteiger partial charge < -0.3 is 5.11 Å². The van der Waals surface area contributed by atoms with E-state index >= 15 is 0 Å². The van der Waals surface area contributed by atoms with Crippen molar-refractivity contribution in [2.45, 2.75) is 62.6 Å². The fourth-order valence-corrected chi connectivity index (χ4v) is 4.35. The van der Waals surface area contributed by atoms with Gasteiger partial charge in [0.2, 0.25) is 10.0 Å². The van der Waals surface area contributed by atoms with Crippen molar-refractivity contribution in [2.24, 2.45) is 0 Å². The van der Waals surface area contributed by atoms with Crippen molar-refractivity contribution in [3.8, 4) is 0 Å². The van der Waals surface area contributed by atoms with Gasteiger partial charge in [-0.25, -0.2) is 12.7 Å². The molecule has 136 valence electrons. The van der Waals surface area contributed by atoms with Crippen LogP contribution in [0.1, 0.15) is 44.6 Å². The molecular weight excluding hydrogens is 324 g/mol. The van der Waals surface area contributed by atoms with Crippen molar-refractivity contribution in [2.75, 3.05) is 20.6 Å². The lowest BCUT2D eigenvalue weighted by Gasteiger charge is -2.35. The number of hydrogen-bond donors (Lipinski definition) is 1. The van der Waals surface area contributed by atoms with Gasteiger partial charge in [0.1, 0.15) is 0 Å². The third-order valence-electron chi connectivity index (χ3n) is 4.65. The van der Waals surface area contributed by atoms with E-state index in [0.717, 1.165) is 18.4 Å². The Morgan fingerprint density at radius 3 is 2.46 bits per heavy atom. The predicted molar refractivity (Wildman–Crippen MR) is 96.3 cm³/mol. The Kier molecular flexibility index (Phi) is 6.80. The zero-order valence-corrected chi connectivity index (χ0v) is 15.8. The van der Waals surface area contributed by atoms with Crippen LogP contribution in [0.4, 0.5) is 0 Å². The third-order valence-corrected chi connectivity index (χ3v) is 6.46. The minimum absolute atomic E-state index is 0.325. The SMILES string of the molecule is CC(O)CN(Cc1cccc(S(=O)(=O)N(C)C)c1)C1CCCCC1. The molecule has 1 atom stereocenters. The molecule has 1 aromatic carbocycles. The maximum Gasteiger partial charge on any atom is 0.242 e. The molecule has 1 unspecified atom stereocenters. The molecule has 0 heterocycles. The highest BCUT2D eigenvalue weighted by molar-refractivity contribution is 7.89. The van der Waals surface area contributed by atoms with E-state index in [-0.39, 0.29) is 6.10 Å². The fourth-order valence-electron chi connectivity index (χ4n) is 3.38. The summed E-state index contributed by atoms with van der Waals surface area (Å²) in [5.41, 5.74) is 0.976. The van der Waals surface area contributed by atoms with Crippen molar-refractivity contribution in [1.82, 2.24) is 9.21 Å². The number of aliphatic hydroxyl groups is 1. The third kappa shape index (κ3) is 5.02. The smallest absolute Gasteiger partial charge is 0.242 e. The van der Waals surface area contributed by atoms with Gasteiger partial charge in [-0.15, -0.1) is 0 Å². The summed E-state index contributed by atoms with van der Waals surface area (Å²) in [6, 6.07) is 7.63. The van der Waals surface area contributed by atoms with E-state index in [0.29, 0.717) is 24.0 Å². The Morgan fingerprint density at radius 2 is 1.88 bits per heavy atom. The lowest BCUT2D eigenvalue weighted by molar-refractivity contribution is 0.0768. The van der Waals surface area contributed by atoms with E-state index in [2.05, 4.69) is 4.90 Å². The summed E-state index contributed by atoms with van der Waals surface area (Å²) in [7, 11) is -0.327. The molecule has 0 aliphatic heterocycles. The van der Waals surface area contributed by atoms with Gasteiger partial charge in [0, 0.05) is 33.2 Å². The quantitative estimate of drug-likeness (QED) is 0.817. The normalized spacial score (nSPS) is 18.2. The monoisotopic (exact) mass is 354 g/mol. The first-order chi connectivity index (χ1) is 11.3. The highest BCUT2D eigenvalue weighted by Crippen LogP contribution is 2.25. The summed E-state index contributed by atoms with van der Waals surface area (Å²) in [4.78, 5) is 2.64. The van der Waals surface area contributed by atoms with Crippen LogP contribution in [0.2, 0.25) is 0 Å². The molecule has 2 rings (SSSR count). The van der Waals surface area contributed by atoms with Gasteiger partial charge in [0.25, 0.3) is 0 Å². The summed E-state index contributed by atoms with van der Waals surface area (Å²) >= 11 is 0. The van der Waals surface area contributed by atoms with Crippen molar-refractivity contribution >= 4 is 10.0 Å². The van der Waals surface area contributed by atoms with Crippen LogP contribution in [0.15, 0.2) is 29.2 Å². The van der Waals surface area contributed by atoms with E-state index in [9.17, 15) is 13.5 Å². The number of aliphatic hydroxyl groups excluding tert-OH is 1. The number of rotatable bonds is 7. The Balaban J connectivity index is 2.19. The van der Waals surface area contributed by atoms with Gasteiger partial charge >= 0.3 is 0 Å². The molecule has 1 aliphatic carbocycles. The first-order valence-corrected chi connectivity index (χ1v) is 10.2. The van der Waals surface area contributed by atoms with Crippen LogP contribution in [0.3, 0.4) is 0 Å². The molecule has 1 fully saturated rings. The Bertz CT molecular complexity index is 623. The first-order valence-electron chi connectivity index (χ1n) is 8.74. The summed E-state index contributed by atoms with van der Waals surface area (Å²) in [6.45, 7) is 3.10. The minimum Gasteiger partial charge on any atom is -0.392 e. The van der Waals surface area contributed by atoms with E-state index in [4.69, 9.17) is 0 Å². The molecule has 1 saturated carbocycles. The molecule has 1 N–H and O–H groups in total. The minimum atomic E-state index is -3.42. The molecule has 24 heavy (non-hydrogen) atoms. The lowest BCUT2D eigenvalue weighted by atomic mass is 9.93. The van der Waals surface area contributed by atoms with Crippen LogP contribution in [-0.2, 0) is 16.6 Å². The Morgan fingerprint density at radius 1 is 1.21 bits per heavy atom. The van der Waals surface area contributed by atoms with Crippen LogP contribution in [-0.4, -0.2) is 55.5 Å². The maximum absolute atomic E-state index is 12.3. The first kappa shape index (κ1) is 19.4. The number of sulfonamides is 1. The van der Waals surface area contributed by atoms with Gasteiger partial charge in [-0.1, -0.05) is 31.4 Å². The largest absolute Gasteiger partial charge is 0.392 e. The molecule has 0 aromatic heterocycles. The average molecular weight is 355 g/mol. The molecular formula is C18H30N2O3S. The number of benzene rings is 1. The second-order valence-corrected chi connectivity index (χ2v) is 9.16. The molecule has 0 saturated heterocycles. The van der Waals surface area contributed by atoms with Crippen LogP contribution in [0, 0.1) is 0 Å². The second kappa shape index (κ2) is 8.43. The van der Waals surface area contributed by atoms with E-state index in [1.54, 1.807) is 32.3 Å². The topological polar surface area (TPSA) is 60.9 Å². The molecule has 0 amide bonds. The average Bonchev–Trinajstić information content (AvgIpc) is 2.55. The molecule has 5 nitrogen and oxygen atoms in total. The summed E-state index contributed by atoms with van der Waals surface area (Å²) in [5.74, 6) is 0. The standard InChI is InChI=1S/C18H30N2O3S/c1-15(21)13-20(17-9-5-4-6-10-17)14-16-8-7-11-18(12-16)24(22,23)19(2)3/h7-8,11-12,15,17,21H,4-6,9-10,13-14H2,1-3H3. The lowest BCUT2D eigenvalue weighted by Crippen LogP contribution is -2.40. The van der Waals surface area contributed by atoms with Gasteiger partial charge in [-0.2, -0.15) is 0 Å². The van der Waals surface area contributed by atoms with Crippen LogP contribution in [0.25, 0.3) is 0 Å². The molecule has 1 aliphatic rings. The molecule has 1 aromatic rings. The van der Waals surface area contributed by atoms with Crippen molar-refractivity contribution in [3.63, 3.8) is 0 Å². The van der Waals surface area contributed by atoms with Crippen molar-refractivity contribution in [1.29, 1.82) is 0 Å². The van der Waals surface area contributed by atoms with Gasteiger partial charge in [0.05, 0.1) is 11.0 Å². The summed E-state index contributed by atoms with van der Waals surface area (Å²) < 4.78 is 25.9. The highest BCUT2D eigenvalue weighted by atomic mass is 32.2. The highest BCUT2D eigenvalue weighted by Gasteiger charge is 2.23. The van der Waals surface area contributed by atoms with Crippen LogP contribution in [0.5, 0.6) is 0 Å². The van der Waals surface area contributed by atoms with Gasteiger partial charge in [-0.05, 0) is 37.5 Å². The number of hydrogen-bond acceptors (Lipinski definition) is 4. The molecule has 0 bridgehead atoms. The number of nitrogens with zero attached hydrogens (tertiary/aromatic N) is 2. The van der Waals surface area contributed by atoms with Crippen molar-refractivity contribution < 1.29 is 13.5 Å².